The topological polar surface area (TPSA) is 12.0 Å². The molecule has 1 unspecified atom stereocenters. The minimum atomic E-state index is 0.752. The molecule has 0 aromatic heterocycles. The molecule has 1 nitrogen and oxygen atoms in total. The molecular weight excluding hydrogens is 202 g/mol. The fourth-order valence-corrected chi connectivity index (χ4v) is 2.85. The highest BCUT2D eigenvalue weighted by molar-refractivity contribution is 7.99. The molecule has 0 aliphatic carbocycles. The number of anilines is 1. The van der Waals surface area contributed by atoms with Crippen LogP contribution in [0.4, 0.5) is 5.69 Å². The molecule has 82 valence electrons. The van der Waals surface area contributed by atoms with Gasteiger partial charge in [-0.25, -0.2) is 0 Å². The van der Waals surface area contributed by atoms with Crippen molar-refractivity contribution < 1.29 is 0 Å². The first-order valence-electron chi connectivity index (χ1n) is 5.69. The van der Waals surface area contributed by atoms with Crippen LogP contribution in [0.3, 0.4) is 0 Å². The van der Waals surface area contributed by atoms with E-state index in [1.807, 2.05) is 0 Å². The van der Waals surface area contributed by atoms with Gasteiger partial charge >= 0.3 is 0 Å². The first kappa shape index (κ1) is 10.9. The lowest BCUT2D eigenvalue weighted by Crippen LogP contribution is -2.25. The third kappa shape index (κ3) is 2.91. The van der Waals surface area contributed by atoms with Crippen LogP contribution in [0.5, 0.6) is 0 Å². The van der Waals surface area contributed by atoms with Gasteiger partial charge in [0.15, 0.2) is 0 Å². The molecule has 0 saturated carbocycles. The number of benzene rings is 1. The smallest absolute Gasteiger partial charge is 0.0372 e. The van der Waals surface area contributed by atoms with E-state index in [1.165, 1.54) is 23.4 Å². The number of rotatable bonds is 3. The lowest BCUT2D eigenvalue weighted by molar-refractivity contribution is 0.604. The van der Waals surface area contributed by atoms with E-state index < -0.39 is 0 Å². The predicted molar refractivity (Wildman–Crippen MR) is 69.7 cm³/mol. The molecule has 1 aromatic carbocycles. The van der Waals surface area contributed by atoms with Gasteiger partial charge in [0.1, 0.15) is 0 Å². The van der Waals surface area contributed by atoms with Crippen LogP contribution < -0.4 is 5.32 Å². The van der Waals surface area contributed by atoms with Crippen molar-refractivity contribution in [2.75, 3.05) is 17.6 Å². The number of thioether (sulfide) groups is 1. The zero-order valence-corrected chi connectivity index (χ0v) is 10.3. The maximum Gasteiger partial charge on any atom is 0.0372 e. The SMILES string of the molecule is CC(C)SCC1CNc2ccccc2C1. The Labute approximate surface area is 96.7 Å². The summed E-state index contributed by atoms with van der Waals surface area (Å²) in [4.78, 5) is 0. The summed E-state index contributed by atoms with van der Waals surface area (Å²) in [5, 5.41) is 4.28. The Bertz CT molecular complexity index is 322. The zero-order chi connectivity index (χ0) is 10.7. The molecule has 0 fully saturated rings. The number of hydrogen-bond acceptors (Lipinski definition) is 2. The minimum absolute atomic E-state index is 0.752. The van der Waals surface area contributed by atoms with E-state index in [0.717, 1.165) is 17.7 Å². The highest BCUT2D eigenvalue weighted by Crippen LogP contribution is 2.27. The summed E-state index contributed by atoms with van der Waals surface area (Å²) in [6.45, 7) is 5.68. The van der Waals surface area contributed by atoms with Crippen molar-refractivity contribution in [1.82, 2.24) is 0 Å². The average Bonchev–Trinajstić information content (AvgIpc) is 2.26. The highest BCUT2D eigenvalue weighted by atomic mass is 32.2. The second kappa shape index (κ2) is 4.93. The fraction of sp³-hybridized carbons (Fsp3) is 0.538. The van der Waals surface area contributed by atoms with Crippen molar-refractivity contribution in [3.8, 4) is 0 Å². The predicted octanol–water partition coefficient (Wildman–Crippen LogP) is 3.41. The third-order valence-corrected chi connectivity index (χ3v) is 4.10. The normalized spacial score (nSPS) is 19.8. The Morgan fingerprint density at radius 3 is 3.00 bits per heavy atom. The lowest BCUT2D eigenvalue weighted by Gasteiger charge is -2.26. The Hall–Kier alpha value is -0.630. The molecule has 15 heavy (non-hydrogen) atoms. The number of para-hydroxylation sites is 1. The third-order valence-electron chi connectivity index (χ3n) is 2.77. The average molecular weight is 221 g/mol. The van der Waals surface area contributed by atoms with Gasteiger partial charge in [-0.2, -0.15) is 11.8 Å². The van der Waals surface area contributed by atoms with E-state index >= 15 is 0 Å². The van der Waals surface area contributed by atoms with Crippen LogP contribution in [0, 0.1) is 5.92 Å². The minimum Gasteiger partial charge on any atom is -0.385 e. The molecule has 1 aliphatic rings. The summed E-state index contributed by atoms with van der Waals surface area (Å²) >= 11 is 2.07. The van der Waals surface area contributed by atoms with Crippen molar-refractivity contribution in [2.24, 2.45) is 5.92 Å². The number of fused-ring (bicyclic) bond motifs is 1. The Kier molecular flexibility index (Phi) is 3.57. The molecule has 0 saturated heterocycles. The Balaban J connectivity index is 1.94. The molecular formula is C13H19NS. The molecule has 0 amide bonds. The lowest BCUT2D eigenvalue weighted by atomic mass is 9.95. The summed E-state index contributed by atoms with van der Waals surface area (Å²) < 4.78 is 0. The molecule has 1 aromatic rings. The molecule has 0 radical (unpaired) electrons. The van der Waals surface area contributed by atoms with Crippen LogP contribution in [-0.4, -0.2) is 17.5 Å². The van der Waals surface area contributed by atoms with Crippen LogP contribution in [-0.2, 0) is 6.42 Å². The second-order valence-corrected chi connectivity index (χ2v) is 6.10. The molecule has 2 heteroatoms. The van der Waals surface area contributed by atoms with Crippen LogP contribution in [0.1, 0.15) is 19.4 Å². The molecule has 1 aliphatic heterocycles. The molecule has 2 rings (SSSR count). The summed E-state index contributed by atoms with van der Waals surface area (Å²) in [5.74, 6) is 2.08. The van der Waals surface area contributed by atoms with Crippen molar-refractivity contribution in [1.29, 1.82) is 0 Å². The maximum atomic E-state index is 3.52. The standard InChI is InChI=1S/C13H19NS/c1-10(2)15-9-11-7-12-5-3-4-6-13(12)14-8-11/h3-6,10-11,14H,7-9H2,1-2H3. The van der Waals surface area contributed by atoms with Crippen molar-refractivity contribution in [3.05, 3.63) is 29.8 Å². The van der Waals surface area contributed by atoms with Crippen LogP contribution >= 0.6 is 11.8 Å². The van der Waals surface area contributed by atoms with Gasteiger partial charge in [-0.15, -0.1) is 0 Å². The van der Waals surface area contributed by atoms with E-state index in [0.29, 0.717) is 0 Å². The van der Waals surface area contributed by atoms with Crippen LogP contribution in [0.2, 0.25) is 0 Å². The second-order valence-electron chi connectivity index (χ2n) is 4.49. The Morgan fingerprint density at radius 2 is 2.20 bits per heavy atom. The molecule has 0 bridgehead atoms. The first-order chi connectivity index (χ1) is 7.25. The molecule has 1 N–H and O–H groups in total. The van der Waals surface area contributed by atoms with Crippen molar-refractivity contribution in [3.63, 3.8) is 0 Å². The van der Waals surface area contributed by atoms with Gasteiger partial charge in [-0.3, -0.25) is 0 Å². The highest BCUT2D eigenvalue weighted by Gasteiger charge is 2.17. The summed E-state index contributed by atoms with van der Waals surface area (Å²) in [6.07, 6.45) is 1.24. The van der Waals surface area contributed by atoms with Gasteiger partial charge in [-0.1, -0.05) is 32.0 Å². The van der Waals surface area contributed by atoms with Crippen molar-refractivity contribution in [2.45, 2.75) is 25.5 Å². The van der Waals surface area contributed by atoms with E-state index in [4.69, 9.17) is 0 Å². The summed E-state index contributed by atoms with van der Waals surface area (Å²) in [7, 11) is 0. The number of nitrogens with one attached hydrogen (secondary N) is 1. The van der Waals surface area contributed by atoms with E-state index in [1.54, 1.807) is 0 Å². The van der Waals surface area contributed by atoms with Gasteiger partial charge in [0.05, 0.1) is 0 Å². The molecule has 1 heterocycles. The summed E-state index contributed by atoms with van der Waals surface area (Å²) in [6, 6.07) is 8.67. The molecule has 0 spiro atoms. The molecule has 1 atom stereocenters. The monoisotopic (exact) mass is 221 g/mol. The quantitative estimate of drug-likeness (QED) is 0.839. The Morgan fingerprint density at radius 1 is 1.40 bits per heavy atom. The van der Waals surface area contributed by atoms with Gasteiger partial charge in [0, 0.05) is 12.2 Å². The summed E-state index contributed by atoms with van der Waals surface area (Å²) in [5.41, 5.74) is 2.82. The van der Waals surface area contributed by atoms with Gasteiger partial charge in [-0.05, 0) is 35.0 Å². The van der Waals surface area contributed by atoms with Crippen molar-refractivity contribution >= 4 is 17.4 Å². The van der Waals surface area contributed by atoms with E-state index in [9.17, 15) is 0 Å². The van der Waals surface area contributed by atoms with Gasteiger partial charge < -0.3 is 5.32 Å². The van der Waals surface area contributed by atoms with E-state index in [-0.39, 0.29) is 0 Å². The largest absolute Gasteiger partial charge is 0.385 e. The van der Waals surface area contributed by atoms with Gasteiger partial charge in [0.25, 0.3) is 0 Å². The van der Waals surface area contributed by atoms with Crippen LogP contribution in [0.15, 0.2) is 24.3 Å². The zero-order valence-electron chi connectivity index (χ0n) is 9.49. The number of hydrogen-bond donors (Lipinski definition) is 1. The fourth-order valence-electron chi connectivity index (χ4n) is 1.95. The first-order valence-corrected chi connectivity index (χ1v) is 6.74. The maximum absolute atomic E-state index is 3.52. The van der Waals surface area contributed by atoms with E-state index in [2.05, 4.69) is 55.2 Å². The van der Waals surface area contributed by atoms with Gasteiger partial charge in [0.2, 0.25) is 0 Å². The van der Waals surface area contributed by atoms with Crippen LogP contribution in [0.25, 0.3) is 0 Å².